The first-order valence-corrected chi connectivity index (χ1v) is 6.36. The molecular weight excluding hydrogens is 246 g/mol. The number of rotatable bonds is 3. The highest BCUT2D eigenvalue weighted by atomic mass is 16.5. The SMILES string of the molecule is CC(C)(O)CNC(=O)c1ccc2c(c1)OCCCO2. The van der Waals surface area contributed by atoms with E-state index in [0.29, 0.717) is 30.3 Å². The molecule has 1 aromatic rings. The molecule has 0 aromatic heterocycles. The van der Waals surface area contributed by atoms with Crippen LogP contribution in [0, 0.1) is 0 Å². The van der Waals surface area contributed by atoms with Crippen molar-refractivity contribution in [3.8, 4) is 11.5 Å². The number of nitrogens with one attached hydrogen (secondary N) is 1. The van der Waals surface area contributed by atoms with E-state index in [1.807, 2.05) is 0 Å². The summed E-state index contributed by atoms with van der Waals surface area (Å²) in [5.41, 5.74) is -0.436. The Labute approximate surface area is 112 Å². The molecule has 0 bridgehead atoms. The molecule has 0 saturated carbocycles. The maximum Gasteiger partial charge on any atom is 0.251 e. The summed E-state index contributed by atoms with van der Waals surface area (Å²) in [5.74, 6) is 1.02. The van der Waals surface area contributed by atoms with E-state index in [1.54, 1.807) is 32.0 Å². The number of fused-ring (bicyclic) bond motifs is 1. The Hall–Kier alpha value is -1.75. The van der Waals surface area contributed by atoms with E-state index in [2.05, 4.69) is 5.32 Å². The molecule has 2 rings (SSSR count). The number of carbonyl (C=O) groups excluding carboxylic acids is 1. The van der Waals surface area contributed by atoms with Gasteiger partial charge in [-0.3, -0.25) is 4.79 Å². The minimum absolute atomic E-state index is 0.195. The third-order valence-corrected chi connectivity index (χ3v) is 2.69. The highest BCUT2D eigenvalue weighted by Gasteiger charge is 2.17. The smallest absolute Gasteiger partial charge is 0.251 e. The lowest BCUT2D eigenvalue weighted by molar-refractivity contribution is 0.0694. The van der Waals surface area contributed by atoms with Crippen LogP contribution in [0.15, 0.2) is 18.2 Å². The summed E-state index contributed by atoms with van der Waals surface area (Å²) >= 11 is 0. The summed E-state index contributed by atoms with van der Waals surface area (Å²) in [6, 6.07) is 5.09. The maximum absolute atomic E-state index is 11.9. The minimum Gasteiger partial charge on any atom is -0.490 e. The van der Waals surface area contributed by atoms with Gasteiger partial charge in [0.15, 0.2) is 11.5 Å². The molecule has 104 valence electrons. The molecule has 5 heteroatoms. The Morgan fingerprint density at radius 1 is 1.32 bits per heavy atom. The molecule has 0 aliphatic carbocycles. The van der Waals surface area contributed by atoms with Gasteiger partial charge in [0.1, 0.15) is 0 Å². The van der Waals surface area contributed by atoms with Crippen molar-refractivity contribution in [2.24, 2.45) is 0 Å². The molecule has 1 aromatic carbocycles. The highest BCUT2D eigenvalue weighted by molar-refractivity contribution is 5.94. The number of hydrogen-bond acceptors (Lipinski definition) is 4. The van der Waals surface area contributed by atoms with Crippen LogP contribution in [0.5, 0.6) is 11.5 Å². The van der Waals surface area contributed by atoms with Crippen molar-refractivity contribution in [2.75, 3.05) is 19.8 Å². The average molecular weight is 265 g/mol. The standard InChI is InChI=1S/C14H19NO4/c1-14(2,17)9-15-13(16)10-4-5-11-12(8-10)19-7-3-6-18-11/h4-5,8,17H,3,6-7,9H2,1-2H3,(H,15,16). The molecule has 2 N–H and O–H groups in total. The fraction of sp³-hybridized carbons (Fsp3) is 0.500. The lowest BCUT2D eigenvalue weighted by atomic mass is 10.1. The molecule has 0 unspecified atom stereocenters. The quantitative estimate of drug-likeness (QED) is 0.865. The first kappa shape index (κ1) is 13.7. The monoisotopic (exact) mass is 265 g/mol. The van der Waals surface area contributed by atoms with Crippen LogP contribution in [0.2, 0.25) is 0 Å². The van der Waals surface area contributed by atoms with Crippen molar-refractivity contribution in [3.63, 3.8) is 0 Å². The topological polar surface area (TPSA) is 67.8 Å². The first-order valence-electron chi connectivity index (χ1n) is 6.36. The van der Waals surface area contributed by atoms with E-state index in [0.717, 1.165) is 6.42 Å². The van der Waals surface area contributed by atoms with Crippen molar-refractivity contribution < 1.29 is 19.4 Å². The van der Waals surface area contributed by atoms with Gasteiger partial charge in [-0.15, -0.1) is 0 Å². The second-order valence-electron chi connectivity index (χ2n) is 5.21. The first-order chi connectivity index (χ1) is 8.96. The number of ether oxygens (including phenoxy) is 2. The van der Waals surface area contributed by atoms with Gasteiger partial charge in [-0.2, -0.15) is 0 Å². The van der Waals surface area contributed by atoms with Crippen LogP contribution in [0.25, 0.3) is 0 Å². The summed E-state index contributed by atoms with van der Waals surface area (Å²) in [4.78, 5) is 11.9. The normalized spacial score (nSPS) is 14.7. The summed E-state index contributed by atoms with van der Waals surface area (Å²) in [7, 11) is 0. The van der Waals surface area contributed by atoms with E-state index in [-0.39, 0.29) is 12.5 Å². The summed E-state index contributed by atoms with van der Waals surface area (Å²) in [6.07, 6.45) is 0.828. The van der Waals surface area contributed by atoms with E-state index < -0.39 is 5.60 Å². The van der Waals surface area contributed by atoms with E-state index >= 15 is 0 Å². The van der Waals surface area contributed by atoms with Gasteiger partial charge in [-0.1, -0.05) is 0 Å². The summed E-state index contributed by atoms with van der Waals surface area (Å²) < 4.78 is 11.0. The molecule has 0 fully saturated rings. The van der Waals surface area contributed by atoms with Gasteiger partial charge in [0.05, 0.1) is 18.8 Å². The lowest BCUT2D eigenvalue weighted by Gasteiger charge is -2.17. The van der Waals surface area contributed by atoms with Crippen LogP contribution in [0.1, 0.15) is 30.6 Å². The van der Waals surface area contributed by atoms with Gasteiger partial charge >= 0.3 is 0 Å². The maximum atomic E-state index is 11.9. The minimum atomic E-state index is -0.930. The second-order valence-corrected chi connectivity index (χ2v) is 5.21. The van der Waals surface area contributed by atoms with Crippen molar-refractivity contribution in [2.45, 2.75) is 25.9 Å². The third kappa shape index (κ3) is 3.86. The van der Waals surface area contributed by atoms with Crippen LogP contribution in [-0.2, 0) is 0 Å². The second kappa shape index (κ2) is 5.48. The number of aliphatic hydroxyl groups is 1. The molecule has 0 radical (unpaired) electrons. The zero-order valence-corrected chi connectivity index (χ0v) is 11.2. The Morgan fingerprint density at radius 3 is 2.68 bits per heavy atom. The van der Waals surface area contributed by atoms with Crippen LogP contribution in [0.4, 0.5) is 0 Å². The predicted molar refractivity (Wildman–Crippen MR) is 70.7 cm³/mol. The Bertz CT molecular complexity index is 465. The van der Waals surface area contributed by atoms with Crippen molar-refractivity contribution >= 4 is 5.91 Å². The van der Waals surface area contributed by atoms with Gasteiger partial charge in [-0.25, -0.2) is 0 Å². The average Bonchev–Trinajstić information content (AvgIpc) is 2.59. The molecule has 5 nitrogen and oxygen atoms in total. The fourth-order valence-corrected chi connectivity index (χ4v) is 1.70. The van der Waals surface area contributed by atoms with E-state index in [1.165, 1.54) is 0 Å². The van der Waals surface area contributed by atoms with Gasteiger partial charge in [0.25, 0.3) is 5.91 Å². The molecule has 19 heavy (non-hydrogen) atoms. The van der Waals surface area contributed by atoms with Crippen LogP contribution in [0.3, 0.4) is 0 Å². The molecule has 0 spiro atoms. The van der Waals surface area contributed by atoms with Crippen molar-refractivity contribution in [1.82, 2.24) is 5.32 Å². The molecule has 1 amide bonds. The Kier molecular flexibility index (Phi) is 3.95. The lowest BCUT2D eigenvalue weighted by Crippen LogP contribution is -2.38. The van der Waals surface area contributed by atoms with Gasteiger partial charge in [0, 0.05) is 18.5 Å². The zero-order valence-electron chi connectivity index (χ0n) is 11.2. The predicted octanol–water partition coefficient (Wildman–Crippen LogP) is 1.35. The van der Waals surface area contributed by atoms with Gasteiger partial charge in [-0.05, 0) is 32.0 Å². The van der Waals surface area contributed by atoms with E-state index in [9.17, 15) is 9.90 Å². The number of carbonyl (C=O) groups is 1. The van der Waals surface area contributed by atoms with Gasteiger partial charge < -0.3 is 19.9 Å². The van der Waals surface area contributed by atoms with Crippen LogP contribution in [-0.4, -0.2) is 36.4 Å². The van der Waals surface area contributed by atoms with Crippen LogP contribution < -0.4 is 14.8 Å². The number of hydrogen-bond donors (Lipinski definition) is 2. The van der Waals surface area contributed by atoms with Crippen molar-refractivity contribution in [1.29, 1.82) is 0 Å². The van der Waals surface area contributed by atoms with Crippen LogP contribution >= 0.6 is 0 Å². The fourth-order valence-electron chi connectivity index (χ4n) is 1.70. The summed E-state index contributed by atoms with van der Waals surface area (Å²) in [5, 5.41) is 12.3. The largest absolute Gasteiger partial charge is 0.490 e. The third-order valence-electron chi connectivity index (χ3n) is 2.69. The van der Waals surface area contributed by atoms with Gasteiger partial charge in [0.2, 0.25) is 0 Å². The Morgan fingerprint density at radius 2 is 2.00 bits per heavy atom. The number of benzene rings is 1. The van der Waals surface area contributed by atoms with Crippen molar-refractivity contribution in [3.05, 3.63) is 23.8 Å². The molecule has 1 aliphatic heterocycles. The molecule has 0 atom stereocenters. The molecule has 0 saturated heterocycles. The molecule has 1 aliphatic rings. The zero-order chi connectivity index (χ0) is 13.9. The molecular formula is C14H19NO4. The highest BCUT2D eigenvalue weighted by Crippen LogP contribution is 2.30. The molecule has 1 heterocycles. The van der Waals surface area contributed by atoms with E-state index in [4.69, 9.17) is 9.47 Å². The summed E-state index contributed by atoms with van der Waals surface area (Å²) in [6.45, 7) is 4.68. The number of amides is 1. The Balaban J connectivity index is 2.08.